The van der Waals surface area contributed by atoms with E-state index in [4.69, 9.17) is 23.7 Å². The molecule has 14 heteroatoms. The number of pyridine rings is 1. The van der Waals surface area contributed by atoms with Gasteiger partial charge in [-0.15, -0.1) is 0 Å². The molecule has 2 amide bonds. The highest BCUT2D eigenvalue weighted by Gasteiger charge is 2.24. The van der Waals surface area contributed by atoms with E-state index in [2.05, 4.69) is 27.5 Å². The SMILES string of the molecule is C=Cc1cc(C(=O)Nc2ccc(C(=N)NC(=O)OCc3oc(=O)oc3C)cc2)c(-c2ccc(CNCC3CC3)nc2C(=O)O)cc1OC. The summed E-state index contributed by atoms with van der Waals surface area (Å²) in [6, 6.07) is 12.6. The molecular weight excluding hydrogens is 622 g/mol. The summed E-state index contributed by atoms with van der Waals surface area (Å²) in [4.78, 5) is 53.7. The van der Waals surface area contributed by atoms with E-state index in [0.29, 0.717) is 46.3 Å². The van der Waals surface area contributed by atoms with Gasteiger partial charge in [-0.2, -0.15) is 0 Å². The number of carbonyl (C=O) groups excluding carboxylic acids is 2. The number of carboxylic acids is 1. The molecule has 48 heavy (non-hydrogen) atoms. The Morgan fingerprint density at radius 1 is 1.10 bits per heavy atom. The van der Waals surface area contributed by atoms with E-state index in [-0.39, 0.29) is 40.8 Å². The summed E-state index contributed by atoms with van der Waals surface area (Å²) >= 11 is 0. The van der Waals surface area contributed by atoms with E-state index in [0.717, 1.165) is 6.54 Å². The number of carbonyl (C=O) groups is 3. The van der Waals surface area contributed by atoms with Crippen molar-refractivity contribution < 1.29 is 37.8 Å². The number of aromatic carboxylic acids is 1. The van der Waals surface area contributed by atoms with Gasteiger partial charge in [-0.1, -0.05) is 18.7 Å². The van der Waals surface area contributed by atoms with Gasteiger partial charge in [0.2, 0.25) is 0 Å². The predicted molar refractivity (Wildman–Crippen MR) is 174 cm³/mol. The summed E-state index contributed by atoms with van der Waals surface area (Å²) in [7, 11) is 1.46. The first kappa shape index (κ1) is 33.3. The first-order valence-corrected chi connectivity index (χ1v) is 14.9. The number of carboxylic acid groups (broad SMARTS) is 1. The van der Waals surface area contributed by atoms with Crippen LogP contribution < -0.4 is 26.5 Å². The molecule has 0 bridgehead atoms. The maximum absolute atomic E-state index is 13.7. The molecule has 1 fully saturated rings. The van der Waals surface area contributed by atoms with Crippen molar-refractivity contribution in [2.24, 2.45) is 5.92 Å². The quantitative estimate of drug-likeness (QED) is 0.0961. The molecule has 1 saturated carbocycles. The molecule has 5 N–H and O–H groups in total. The third-order valence-corrected chi connectivity index (χ3v) is 7.54. The molecule has 5 rings (SSSR count). The number of rotatable bonds is 13. The van der Waals surface area contributed by atoms with E-state index in [1.165, 1.54) is 57.2 Å². The highest BCUT2D eigenvalue weighted by molar-refractivity contribution is 6.11. The fourth-order valence-electron chi connectivity index (χ4n) is 4.81. The van der Waals surface area contributed by atoms with Crippen LogP contribution in [0.25, 0.3) is 17.2 Å². The van der Waals surface area contributed by atoms with Crippen LogP contribution in [0.2, 0.25) is 0 Å². The van der Waals surface area contributed by atoms with Gasteiger partial charge in [-0.25, -0.2) is 19.4 Å². The van der Waals surface area contributed by atoms with Gasteiger partial charge in [-0.05, 0) is 74.7 Å². The first-order chi connectivity index (χ1) is 23.1. The second-order valence-corrected chi connectivity index (χ2v) is 11.0. The van der Waals surface area contributed by atoms with Crippen molar-refractivity contribution in [3.63, 3.8) is 0 Å². The van der Waals surface area contributed by atoms with Gasteiger partial charge in [0, 0.05) is 40.0 Å². The Hall–Kier alpha value is -6.02. The van der Waals surface area contributed by atoms with Crippen LogP contribution in [0.4, 0.5) is 10.5 Å². The zero-order valence-corrected chi connectivity index (χ0v) is 26.2. The highest BCUT2D eigenvalue weighted by atomic mass is 16.6. The molecule has 0 unspecified atom stereocenters. The number of aromatic nitrogens is 1. The molecule has 0 atom stereocenters. The minimum atomic E-state index is -1.24. The van der Waals surface area contributed by atoms with E-state index in [9.17, 15) is 24.3 Å². The van der Waals surface area contributed by atoms with Gasteiger partial charge in [0.05, 0.1) is 12.8 Å². The predicted octanol–water partition coefficient (Wildman–Crippen LogP) is 4.96. The largest absolute Gasteiger partial charge is 0.519 e. The van der Waals surface area contributed by atoms with Crippen molar-refractivity contribution >= 4 is 35.6 Å². The van der Waals surface area contributed by atoms with Crippen LogP contribution in [0, 0.1) is 18.3 Å². The molecule has 0 radical (unpaired) electrons. The zero-order chi connectivity index (χ0) is 34.4. The number of alkyl carbamates (subject to hydrolysis) is 1. The lowest BCUT2D eigenvalue weighted by Crippen LogP contribution is -2.31. The Morgan fingerprint density at radius 2 is 1.85 bits per heavy atom. The Balaban J connectivity index is 1.32. The average Bonchev–Trinajstić information content (AvgIpc) is 3.84. The number of amides is 2. The fraction of sp³-hybridized carbons (Fsp3) is 0.235. The third-order valence-electron chi connectivity index (χ3n) is 7.54. The number of methoxy groups -OCH3 is 1. The number of ether oxygens (including phenoxy) is 2. The smallest absolute Gasteiger partial charge is 0.496 e. The van der Waals surface area contributed by atoms with Gasteiger partial charge < -0.3 is 34.0 Å². The van der Waals surface area contributed by atoms with Crippen LogP contribution in [-0.2, 0) is 17.9 Å². The molecule has 2 aromatic carbocycles. The normalized spacial score (nSPS) is 12.2. The van der Waals surface area contributed by atoms with E-state index >= 15 is 0 Å². The summed E-state index contributed by atoms with van der Waals surface area (Å²) in [5, 5.41) is 26.7. The van der Waals surface area contributed by atoms with Gasteiger partial charge in [0.25, 0.3) is 5.91 Å². The molecule has 1 aliphatic rings. The standard InChI is InChI=1S/C34H33N5O9/c1-4-20-13-26(25(14-27(20)45-3)24-12-11-23(37-29(24)32(41)42)16-36-15-19-5-6-19)31(40)38-22-9-7-21(8-10-22)30(35)39-33(43)46-17-28-18(2)47-34(44)48-28/h4,7-14,19,36H,1,5-6,15-17H2,2-3H3,(H,38,40)(H,41,42)(H2,35,39,43). The summed E-state index contributed by atoms with van der Waals surface area (Å²) in [5.41, 5.74) is 2.22. The zero-order valence-electron chi connectivity index (χ0n) is 26.2. The number of amidine groups is 1. The summed E-state index contributed by atoms with van der Waals surface area (Å²) < 4.78 is 20.0. The number of nitrogens with zero attached hydrogens (tertiary/aromatic N) is 1. The van der Waals surface area contributed by atoms with Crippen molar-refractivity contribution in [1.29, 1.82) is 5.41 Å². The molecule has 14 nitrogen and oxygen atoms in total. The molecule has 0 spiro atoms. The molecule has 2 heterocycles. The van der Waals surface area contributed by atoms with Crippen LogP contribution >= 0.6 is 0 Å². The molecule has 1 aliphatic carbocycles. The lowest BCUT2D eigenvalue weighted by Gasteiger charge is -2.16. The van der Waals surface area contributed by atoms with Crippen LogP contribution in [0.5, 0.6) is 5.75 Å². The average molecular weight is 656 g/mol. The van der Waals surface area contributed by atoms with Crippen LogP contribution in [0.3, 0.4) is 0 Å². The van der Waals surface area contributed by atoms with E-state index < -0.39 is 23.8 Å². The molecule has 248 valence electrons. The summed E-state index contributed by atoms with van der Waals surface area (Å²) in [6.07, 6.45) is 2.94. The molecule has 0 aliphatic heterocycles. The number of hydrogen-bond acceptors (Lipinski definition) is 11. The number of nitrogens with one attached hydrogen (secondary N) is 4. The van der Waals surface area contributed by atoms with Crippen molar-refractivity contribution in [2.75, 3.05) is 19.0 Å². The number of benzene rings is 2. The van der Waals surface area contributed by atoms with Crippen molar-refractivity contribution in [3.05, 3.63) is 105 Å². The second-order valence-electron chi connectivity index (χ2n) is 11.0. The molecule has 0 saturated heterocycles. The maximum Gasteiger partial charge on any atom is 0.519 e. The lowest BCUT2D eigenvalue weighted by atomic mass is 9.94. The number of hydrogen-bond donors (Lipinski definition) is 5. The molecule has 2 aromatic heterocycles. The Labute approximate surface area is 274 Å². The second kappa shape index (κ2) is 14.6. The van der Waals surface area contributed by atoms with Crippen molar-refractivity contribution in [3.8, 4) is 16.9 Å². The van der Waals surface area contributed by atoms with Gasteiger partial charge in [-0.3, -0.25) is 15.5 Å². The highest BCUT2D eigenvalue weighted by Crippen LogP contribution is 2.34. The van der Waals surface area contributed by atoms with Crippen LogP contribution in [0.15, 0.2) is 68.7 Å². The summed E-state index contributed by atoms with van der Waals surface area (Å²) in [5.74, 6) is -1.73. The minimum Gasteiger partial charge on any atom is -0.496 e. The van der Waals surface area contributed by atoms with E-state index in [1.807, 2.05) is 0 Å². The number of aryl methyl sites for hydroxylation is 1. The Morgan fingerprint density at radius 3 is 2.48 bits per heavy atom. The topological polar surface area (TPSA) is 206 Å². The number of anilines is 1. The van der Waals surface area contributed by atoms with Gasteiger partial charge >= 0.3 is 17.9 Å². The van der Waals surface area contributed by atoms with E-state index in [1.54, 1.807) is 24.3 Å². The third kappa shape index (κ3) is 8.03. The van der Waals surface area contributed by atoms with Gasteiger partial charge in [0.1, 0.15) is 11.6 Å². The summed E-state index contributed by atoms with van der Waals surface area (Å²) in [6.45, 7) is 6.17. The van der Waals surface area contributed by atoms with Crippen LogP contribution in [-0.4, -0.2) is 47.6 Å². The fourth-order valence-corrected chi connectivity index (χ4v) is 4.81. The first-order valence-electron chi connectivity index (χ1n) is 14.9. The van der Waals surface area contributed by atoms with Crippen molar-refractivity contribution in [1.82, 2.24) is 15.6 Å². The van der Waals surface area contributed by atoms with Crippen molar-refractivity contribution in [2.45, 2.75) is 32.9 Å². The maximum atomic E-state index is 13.7. The Bertz CT molecular complexity index is 1940. The monoisotopic (exact) mass is 655 g/mol. The molecular formula is C34H33N5O9. The Kier molecular flexibility index (Phi) is 10.1. The lowest BCUT2D eigenvalue weighted by molar-refractivity contribution is 0.0690. The van der Waals surface area contributed by atoms with Gasteiger partial charge in [0.15, 0.2) is 23.8 Å². The van der Waals surface area contributed by atoms with Crippen LogP contribution in [0.1, 0.15) is 62.0 Å². The molecule has 4 aromatic rings. The minimum absolute atomic E-state index is 0.0471.